The molecule has 6 nitrogen and oxygen atoms in total. The first kappa shape index (κ1) is 23.2. The molecular formula is C25H33N2O4PS. The average Bonchev–Trinajstić information content (AvgIpc) is 3.43. The maximum atomic E-state index is 13.3. The van der Waals surface area contributed by atoms with Crippen LogP contribution in [-0.4, -0.2) is 56.8 Å². The Labute approximate surface area is 199 Å². The summed E-state index contributed by atoms with van der Waals surface area (Å²) in [6.07, 6.45) is 10.7. The van der Waals surface area contributed by atoms with E-state index >= 15 is 0 Å². The summed E-state index contributed by atoms with van der Waals surface area (Å²) >= 11 is 0. The third kappa shape index (κ3) is 4.58. The van der Waals surface area contributed by atoms with Gasteiger partial charge in [-0.2, -0.15) is 0 Å². The molecule has 1 saturated carbocycles. The highest BCUT2D eigenvalue weighted by Crippen LogP contribution is 2.55. The van der Waals surface area contributed by atoms with Gasteiger partial charge in [-0.3, -0.25) is 4.79 Å². The molecule has 0 aromatic heterocycles. The van der Waals surface area contributed by atoms with Crippen molar-refractivity contribution in [1.82, 2.24) is 9.62 Å². The minimum absolute atomic E-state index is 0.00494. The predicted octanol–water partition coefficient (Wildman–Crippen LogP) is 2.55. The van der Waals surface area contributed by atoms with Crippen LogP contribution in [0.4, 0.5) is 0 Å². The molecule has 2 saturated heterocycles. The van der Waals surface area contributed by atoms with Gasteiger partial charge in [-0.1, -0.05) is 35.9 Å². The summed E-state index contributed by atoms with van der Waals surface area (Å²) in [7, 11) is -0.508. The van der Waals surface area contributed by atoms with E-state index in [9.17, 15) is 13.2 Å². The third-order valence-corrected chi connectivity index (χ3v) is 9.03. The van der Waals surface area contributed by atoms with Crippen LogP contribution in [0.2, 0.25) is 0 Å². The maximum absolute atomic E-state index is 13.3. The van der Waals surface area contributed by atoms with Gasteiger partial charge in [0, 0.05) is 24.4 Å². The normalized spacial score (nSPS) is 28.3. The van der Waals surface area contributed by atoms with E-state index in [-0.39, 0.29) is 29.5 Å². The number of hydrogen-bond acceptors (Lipinski definition) is 4. The van der Waals surface area contributed by atoms with E-state index in [4.69, 9.17) is 4.74 Å². The zero-order valence-corrected chi connectivity index (χ0v) is 21.3. The van der Waals surface area contributed by atoms with Crippen molar-refractivity contribution in [3.63, 3.8) is 0 Å². The molecule has 0 bridgehead atoms. The third-order valence-electron chi connectivity index (χ3n) is 7.66. The van der Waals surface area contributed by atoms with Crippen molar-refractivity contribution in [2.45, 2.75) is 63.6 Å². The van der Waals surface area contributed by atoms with Crippen LogP contribution in [0.15, 0.2) is 35.9 Å². The highest BCUT2D eigenvalue weighted by Gasteiger charge is 2.61. The van der Waals surface area contributed by atoms with Crippen molar-refractivity contribution >= 4 is 36.0 Å². The van der Waals surface area contributed by atoms with Crippen LogP contribution in [0.25, 0.3) is 5.57 Å². The van der Waals surface area contributed by atoms with Gasteiger partial charge in [-0.05, 0) is 61.0 Å². The Balaban J connectivity index is 1.49. The van der Waals surface area contributed by atoms with Crippen LogP contribution in [0.3, 0.4) is 0 Å². The zero-order valence-electron chi connectivity index (χ0n) is 19.3. The predicted molar refractivity (Wildman–Crippen MR) is 134 cm³/mol. The minimum Gasteiger partial charge on any atom is -0.368 e. The van der Waals surface area contributed by atoms with Gasteiger partial charge >= 0.3 is 0 Å². The molecule has 1 spiro atoms. The van der Waals surface area contributed by atoms with Crippen molar-refractivity contribution in [1.29, 1.82) is 0 Å². The smallest absolute Gasteiger partial charge is 0.252 e. The summed E-state index contributed by atoms with van der Waals surface area (Å²) in [5.41, 5.74) is 4.77. The van der Waals surface area contributed by atoms with E-state index in [1.165, 1.54) is 23.0 Å². The lowest BCUT2D eigenvalue weighted by Crippen LogP contribution is -2.53. The van der Waals surface area contributed by atoms with Gasteiger partial charge in [0.15, 0.2) is 0 Å². The average molecular weight is 489 g/mol. The molecule has 5 rings (SSSR count). The molecule has 2 heterocycles. The van der Waals surface area contributed by atoms with Gasteiger partial charge in [-0.25, -0.2) is 13.1 Å². The maximum Gasteiger partial charge on any atom is 0.252 e. The van der Waals surface area contributed by atoms with E-state index in [0.29, 0.717) is 19.6 Å². The Kier molecular flexibility index (Phi) is 6.05. The SMILES string of the molecule is CC1=CC(c2cccc(CC3C(NS(C)(=O)=O)C4(CC4)CN3C(=O)C3CCO3)c2P)=CCC1. The number of likely N-dealkylation sites (tertiary alicyclic amines) is 1. The van der Waals surface area contributed by atoms with Gasteiger partial charge < -0.3 is 9.64 Å². The van der Waals surface area contributed by atoms with E-state index in [1.807, 2.05) is 4.90 Å². The summed E-state index contributed by atoms with van der Waals surface area (Å²) in [5.74, 6) is 0.00494. The van der Waals surface area contributed by atoms with Crippen LogP contribution < -0.4 is 10.0 Å². The van der Waals surface area contributed by atoms with Gasteiger partial charge in [0.1, 0.15) is 6.10 Å². The molecule has 178 valence electrons. The number of carbonyl (C=O) groups excluding carboxylic acids is 1. The number of carbonyl (C=O) groups is 1. The number of rotatable bonds is 6. The number of benzene rings is 1. The standard InChI is InChI=1S/C25H33N2O4PS/c1-16-5-3-6-17(13-16)19-8-4-7-18(22(19)32)14-20-23(26-33(2,29)30)25(10-11-25)15-27(20)24(28)21-9-12-31-21/h4,6-8,13,20-21,23,26H,3,5,9-12,14-15,32H2,1-2H3. The van der Waals surface area contributed by atoms with E-state index in [0.717, 1.165) is 43.0 Å². The molecule has 1 aromatic carbocycles. The monoisotopic (exact) mass is 488 g/mol. The van der Waals surface area contributed by atoms with Gasteiger partial charge in [-0.15, -0.1) is 9.24 Å². The van der Waals surface area contributed by atoms with E-state index < -0.39 is 10.0 Å². The summed E-state index contributed by atoms with van der Waals surface area (Å²) in [4.78, 5) is 15.2. The van der Waals surface area contributed by atoms with Gasteiger partial charge in [0.25, 0.3) is 5.91 Å². The Bertz CT molecular complexity index is 1140. The Morgan fingerprint density at radius 1 is 1.33 bits per heavy atom. The molecule has 0 radical (unpaired) electrons. The van der Waals surface area contributed by atoms with Crippen molar-refractivity contribution in [3.8, 4) is 0 Å². The van der Waals surface area contributed by atoms with E-state index in [2.05, 4.69) is 51.2 Å². The van der Waals surface area contributed by atoms with Crippen LogP contribution in [0.1, 0.15) is 50.2 Å². The summed E-state index contributed by atoms with van der Waals surface area (Å²) in [5, 5.41) is 1.12. The molecule has 4 aliphatic rings. The lowest BCUT2D eigenvalue weighted by atomic mass is 9.90. The summed E-state index contributed by atoms with van der Waals surface area (Å²) < 4.78 is 33.0. The number of nitrogens with zero attached hydrogens (tertiary/aromatic N) is 1. The molecular weight excluding hydrogens is 455 g/mol. The molecule has 8 heteroatoms. The first-order valence-corrected chi connectivity index (χ1v) is 14.3. The Hall–Kier alpha value is -1.53. The second kappa shape index (κ2) is 8.60. The minimum atomic E-state index is -3.41. The Morgan fingerprint density at radius 2 is 2.09 bits per heavy atom. The molecule has 4 unspecified atom stereocenters. The molecule has 1 amide bonds. The summed E-state index contributed by atoms with van der Waals surface area (Å²) in [6, 6.07) is 5.80. The summed E-state index contributed by atoms with van der Waals surface area (Å²) in [6.45, 7) is 3.38. The Morgan fingerprint density at radius 3 is 2.70 bits per heavy atom. The van der Waals surface area contributed by atoms with E-state index in [1.54, 1.807) is 0 Å². The largest absolute Gasteiger partial charge is 0.368 e. The molecule has 4 atom stereocenters. The number of sulfonamides is 1. The quantitative estimate of drug-likeness (QED) is 0.625. The lowest BCUT2D eigenvalue weighted by molar-refractivity contribution is -0.157. The zero-order chi connectivity index (χ0) is 23.4. The van der Waals surface area contributed by atoms with Crippen molar-refractivity contribution in [2.75, 3.05) is 19.4 Å². The molecule has 2 aliphatic carbocycles. The van der Waals surface area contributed by atoms with Gasteiger partial charge in [0.05, 0.1) is 18.9 Å². The number of nitrogens with one attached hydrogen (secondary N) is 1. The van der Waals surface area contributed by atoms with Gasteiger partial charge in [0.2, 0.25) is 10.0 Å². The molecule has 3 fully saturated rings. The second-order valence-electron chi connectivity index (χ2n) is 10.2. The lowest BCUT2D eigenvalue weighted by Gasteiger charge is -2.34. The topological polar surface area (TPSA) is 75.7 Å². The molecule has 2 aliphatic heterocycles. The van der Waals surface area contributed by atoms with Crippen LogP contribution >= 0.6 is 9.24 Å². The van der Waals surface area contributed by atoms with Crippen molar-refractivity contribution < 1.29 is 17.9 Å². The van der Waals surface area contributed by atoms with Crippen LogP contribution in [-0.2, 0) is 26.0 Å². The number of amides is 1. The number of allylic oxidation sites excluding steroid dienone is 4. The molecule has 1 aromatic rings. The fourth-order valence-electron chi connectivity index (χ4n) is 5.60. The van der Waals surface area contributed by atoms with Crippen molar-refractivity contribution in [2.24, 2.45) is 5.41 Å². The number of ether oxygens (including phenoxy) is 1. The first-order chi connectivity index (χ1) is 15.7. The van der Waals surface area contributed by atoms with Crippen molar-refractivity contribution in [3.05, 3.63) is 47.1 Å². The van der Waals surface area contributed by atoms with Crippen LogP contribution in [0.5, 0.6) is 0 Å². The fourth-order valence-corrected chi connectivity index (χ4v) is 6.94. The molecule has 33 heavy (non-hydrogen) atoms. The highest BCUT2D eigenvalue weighted by atomic mass is 32.2. The molecule has 1 N–H and O–H groups in total. The van der Waals surface area contributed by atoms with Crippen LogP contribution in [0, 0.1) is 5.41 Å². The first-order valence-electron chi connectivity index (χ1n) is 11.8. The second-order valence-corrected chi connectivity index (χ2v) is 12.5. The highest BCUT2D eigenvalue weighted by molar-refractivity contribution is 7.88. The fraction of sp³-hybridized carbons (Fsp3) is 0.560. The number of hydrogen-bond donors (Lipinski definition) is 1.